The van der Waals surface area contributed by atoms with Gasteiger partial charge >= 0.3 is 0 Å². The van der Waals surface area contributed by atoms with Gasteiger partial charge in [0.05, 0.1) is 16.4 Å². The second-order valence-electron chi connectivity index (χ2n) is 7.12. The summed E-state index contributed by atoms with van der Waals surface area (Å²) in [7, 11) is 0. The molecule has 3 aromatic rings. The van der Waals surface area contributed by atoms with Gasteiger partial charge in [-0.15, -0.1) is 16.4 Å². The number of rotatable bonds is 4. The van der Waals surface area contributed by atoms with E-state index in [4.69, 9.17) is 0 Å². The minimum absolute atomic E-state index is 0.0137. The fraction of sp³-hybridized carbons (Fsp3) is 0.333. The molecule has 1 amide bonds. The van der Waals surface area contributed by atoms with Crippen molar-refractivity contribution < 1.29 is 4.79 Å². The Morgan fingerprint density at radius 2 is 1.96 bits per heavy atom. The van der Waals surface area contributed by atoms with E-state index >= 15 is 0 Å². The van der Waals surface area contributed by atoms with Crippen molar-refractivity contribution in [2.45, 2.75) is 26.7 Å². The molecule has 3 heterocycles. The average Bonchev–Trinajstić information content (AvgIpc) is 3.15. The monoisotopic (exact) mass is 393 g/mol. The third-order valence-electron chi connectivity index (χ3n) is 5.02. The summed E-state index contributed by atoms with van der Waals surface area (Å²) in [6.45, 7) is 5.55. The zero-order valence-electron chi connectivity index (χ0n) is 16.1. The molecule has 0 aliphatic carbocycles. The molecule has 2 aromatic heterocycles. The third-order valence-corrected chi connectivity index (χ3v) is 5.79. The van der Waals surface area contributed by atoms with Gasteiger partial charge in [0.2, 0.25) is 5.91 Å². The van der Waals surface area contributed by atoms with Crippen LogP contribution in [0.5, 0.6) is 0 Å². The predicted octanol–water partition coefficient (Wildman–Crippen LogP) is 4.07. The van der Waals surface area contributed by atoms with Gasteiger partial charge in [-0.3, -0.25) is 4.79 Å². The zero-order valence-corrected chi connectivity index (χ0v) is 16.9. The molecule has 0 bridgehead atoms. The lowest BCUT2D eigenvalue weighted by molar-refractivity contribution is -0.120. The fourth-order valence-corrected chi connectivity index (χ4v) is 4.05. The Morgan fingerprint density at radius 3 is 2.64 bits per heavy atom. The molecule has 144 valence electrons. The highest BCUT2D eigenvalue weighted by Crippen LogP contribution is 2.26. The smallest absolute Gasteiger partial charge is 0.227 e. The number of carbonyl (C=O) groups is 1. The average molecular weight is 394 g/mol. The predicted molar refractivity (Wildman–Crippen MR) is 113 cm³/mol. The number of aromatic nitrogens is 3. The number of nitrogens with one attached hydrogen (secondary N) is 1. The molecule has 0 atom stereocenters. The molecule has 0 radical (unpaired) electrons. The molecule has 1 aliphatic heterocycles. The molecule has 7 heteroatoms. The summed E-state index contributed by atoms with van der Waals surface area (Å²) in [6.07, 6.45) is 1.62. The first-order valence-corrected chi connectivity index (χ1v) is 10.3. The van der Waals surface area contributed by atoms with E-state index in [1.807, 2.05) is 55.6 Å². The van der Waals surface area contributed by atoms with Crippen molar-refractivity contribution in [2.75, 3.05) is 23.3 Å². The highest BCUT2D eigenvalue weighted by Gasteiger charge is 2.26. The molecule has 4 rings (SSSR count). The molecule has 1 aliphatic rings. The summed E-state index contributed by atoms with van der Waals surface area (Å²) < 4.78 is 0. The van der Waals surface area contributed by atoms with Crippen LogP contribution >= 0.6 is 11.3 Å². The molecule has 1 saturated heterocycles. The topological polar surface area (TPSA) is 71.0 Å². The number of carbonyl (C=O) groups excluding carboxylic acids is 1. The van der Waals surface area contributed by atoms with Gasteiger partial charge in [-0.25, -0.2) is 4.98 Å². The Hall–Kier alpha value is -2.80. The maximum atomic E-state index is 12.7. The van der Waals surface area contributed by atoms with Crippen molar-refractivity contribution in [2.24, 2.45) is 5.92 Å². The van der Waals surface area contributed by atoms with Gasteiger partial charge in [-0.1, -0.05) is 12.1 Å². The SMILES string of the molecule is Cc1ccc(N2CCC(C(=O)Nc3cccc(-c4csc(C)n4)c3)CC2)nn1. The van der Waals surface area contributed by atoms with Gasteiger partial charge in [0, 0.05) is 35.6 Å². The van der Waals surface area contributed by atoms with Crippen molar-refractivity contribution in [3.05, 3.63) is 52.5 Å². The van der Waals surface area contributed by atoms with Crippen LogP contribution in [0.2, 0.25) is 0 Å². The van der Waals surface area contributed by atoms with Gasteiger partial charge in [0.15, 0.2) is 5.82 Å². The minimum atomic E-state index is 0.0137. The van der Waals surface area contributed by atoms with E-state index in [1.165, 1.54) is 0 Å². The van der Waals surface area contributed by atoms with Crippen LogP contribution in [0.4, 0.5) is 11.5 Å². The molecular formula is C21H23N5OS. The Bertz CT molecular complexity index is 961. The second-order valence-corrected chi connectivity index (χ2v) is 8.18. The number of piperidine rings is 1. The molecule has 6 nitrogen and oxygen atoms in total. The summed E-state index contributed by atoms with van der Waals surface area (Å²) in [6, 6.07) is 11.9. The second kappa shape index (κ2) is 8.06. The van der Waals surface area contributed by atoms with Crippen LogP contribution in [-0.2, 0) is 4.79 Å². The number of hydrogen-bond donors (Lipinski definition) is 1. The molecule has 1 aromatic carbocycles. The lowest BCUT2D eigenvalue weighted by Crippen LogP contribution is -2.38. The Balaban J connectivity index is 1.36. The fourth-order valence-electron chi connectivity index (χ4n) is 3.43. The first-order valence-electron chi connectivity index (χ1n) is 9.47. The van der Waals surface area contributed by atoms with Crippen molar-refractivity contribution in [1.29, 1.82) is 0 Å². The maximum Gasteiger partial charge on any atom is 0.227 e. The summed E-state index contributed by atoms with van der Waals surface area (Å²) >= 11 is 1.63. The van der Waals surface area contributed by atoms with Crippen LogP contribution in [0.1, 0.15) is 23.5 Å². The van der Waals surface area contributed by atoms with Crippen molar-refractivity contribution in [3.8, 4) is 11.3 Å². The lowest BCUT2D eigenvalue weighted by Gasteiger charge is -2.31. The van der Waals surface area contributed by atoms with E-state index in [2.05, 4.69) is 25.4 Å². The molecular weight excluding hydrogens is 370 g/mol. The van der Waals surface area contributed by atoms with Gasteiger partial charge in [-0.05, 0) is 51.0 Å². The first-order chi connectivity index (χ1) is 13.6. The molecule has 1 N–H and O–H groups in total. The van der Waals surface area contributed by atoms with E-state index in [1.54, 1.807) is 11.3 Å². The molecule has 28 heavy (non-hydrogen) atoms. The quantitative estimate of drug-likeness (QED) is 0.723. The largest absolute Gasteiger partial charge is 0.355 e. The van der Waals surface area contributed by atoms with Crippen molar-refractivity contribution in [3.63, 3.8) is 0 Å². The summed E-state index contributed by atoms with van der Waals surface area (Å²) in [5.41, 5.74) is 3.70. The van der Waals surface area contributed by atoms with Crippen LogP contribution in [0.15, 0.2) is 41.8 Å². The van der Waals surface area contributed by atoms with E-state index in [9.17, 15) is 4.79 Å². The van der Waals surface area contributed by atoms with E-state index in [0.29, 0.717) is 0 Å². The maximum absolute atomic E-state index is 12.7. The number of amides is 1. The van der Waals surface area contributed by atoms with Crippen molar-refractivity contribution >= 4 is 28.7 Å². The van der Waals surface area contributed by atoms with E-state index < -0.39 is 0 Å². The summed E-state index contributed by atoms with van der Waals surface area (Å²) in [5.74, 6) is 0.983. The standard InChI is InChI=1S/C21H23N5OS/c1-14-6-7-20(25-24-14)26-10-8-16(9-11-26)21(27)23-18-5-3-4-17(12-18)19-13-28-15(2)22-19/h3-7,12-13,16H,8-11H2,1-2H3,(H,23,27). The van der Waals surface area contributed by atoms with Gasteiger partial charge in [0.1, 0.15) is 0 Å². The number of thiazole rings is 1. The lowest BCUT2D eigenvalue weighted by atomic mass is 9.95. The first kappa shape index (κ1) is 18.6. The van der Waals surface area contributed by atoms with Crippen LogP contribution in [0.25, 0.3) is 11.3 Å². The Kier molecular flexibility index (Phi) is 5.34. The number of nitrogens with zero attached hydrogens (tertiary/aromatic N) is 4. The van der Waals surface area contributed by atoms with Crippen LogP contribution < -0.4 is 10.2 Å². The van der Waals surface area contributed by atoms with Gasteiger partial charge < -0.3 is 10.2 Å². The molecule has 0 spiro atoms. The zero-order chi connectivity index (χ0) is 19.5. The Morgan fingerprint density at radius 1 is 1.14 bits per heavy atom. The molecule has 0 saturated carbocycles. The molecule has 1 fully saturated rings. The number of anilines is 2. The molecule has 0 unspecified atom stereocenters. The highest BCUT2D eigenvalue weighted by atomic mass is 32.1. The Labute approximate surface area is 168 Å². The van der Waals surface area contributed by atoms with Crippen molar-refractivity contribution in [1.82, 2.24) is 15.2 Å². The van der Waals surface area contributed by atoms with Crippen LogP contribution in [-0.4, -0.2) is 34.2 Å². The van der Waals surface area contributed by atoms with Gasteiger partial charge in [-0.2, -0.15) is 5.10 Å². The summed E-state index contributed by atoms with van der Waals surface area (Å²) in [5, 5.41) is 14.5. The minimum Gasteiger partial charge on any atom is -0.355 e. The third kappa shape index (κ3) is 4.20. The van der Waals surface area contributed by atoms with Crippen LogP contribution in [0.3, 0.4) is 0 Å². The number of aryl methyl sites for hydroxylation is 2. The number of benzene rings is 1. The number of hydrogen-bond acceptors (Lipinski definition) is 6. The normalized spacial score (nSPS) is 14.9. The van der Waals surface area contributed by atoms with Crippen LogP contribution in [0, 0.1) is 19.8 Å². The highest BCUT2D eigenvalue weighted by molar-refractivity contribution is 7.09. The van der Waals surface area contributed by atoms with E-state index in [-0.39, 0.29) is 11.8 Å². The summed E-state index contributed by atoms with van der Waals surface area (Å²) in [4.78, 5) is 19.5. The van der Waals surface area contributed by atoms with Gasteiger partial charge in [0.25, 0.3) is 0 Å². The van der Waals surface area contributed by atoms with E-state index in [0.717, 1.165) is 59.4 Å².